The number of hydrogen-bond acceptors (Lipinski definition) is 3. The Morgan fingerprint density at radius 2 is 2.11 bits per heavy atom. The number of hydrogen-bond donors (Lipinski definition) is 1. The van der Waals surface area contributed by atoms with E-state index in [0.29, 0.717) is 6.04 Å². The molecule has 1 heterocycles. The van der Waals surface area contributed by atoms with E-state index < -0.39 is 0 Å². The van der Waals surface area contributed by atoms with Crippen LogP contribution in [-0.2, 0) is 4.74 Å². The third-order valence-corrected chi connectivity index (χ3v) is 6.57. The summed E-state index contributed by atoms with van der Waals surface area (Å²) in [6.45, 7) is 5.62. The normalized spacial score (nSPS) is 29.5. The Morgan fingerprint density at radius 3 is 2.74 bits per heavy atom. The Labute approximate surface area is 123 Å². The quantitative estimate of drug-likeness (QED) is 0.801. The molecule has 1 aliphatic carbocycles. The third-order valence-electron chi connectivity index (χ3n) is 5.12. The maximum Gasteiger partial charge on any atom is 0.0685 e. The molecule has 0 radical (unpaired) electrons. The van der Waals surface area contributed by atoms with E-state index in [1.54, 1.807) is 0 Å². The van der Waals surface area contributed by atoms with Gasteiger partial charge in [0.2, 0.25) is 0 Å². The fourth-order valence-corrected chi connectivity index (χ4v) is 4.83. The summed E-state index contributed by atoms with van der Waals surface area (Å²) in [6.07, 6.45) is 9.17. The largest absolute Gasteiger partial charge is 0.375 e. The van der Waals surface area contributed by atoms with Crippen molar-refractivity contribution in [3.05, 3.63) is 0 Å². The lowest BCUT2D eigenvalue weighted by Gasteiger charge is -2.41. The van der Waals surface area contributed by atoms with Gasteiger partial charge in [-0.25, -0.2) is 0 Å². The van der Waals surface area contributed by atoms with Crippen molar-refractivity contribution in [3.8, 4) is 0 Å². The zero-order chi connectivity index (χ0) is 13.7. The predicted molar refractivity (Wildman–Crippen MR) is 84.9 cm³/mol. The van der Waals surface area contributed by atoms with Crippen molar-refractivity contribution < 1.29 is 4.74 Å². The van der Waals surface area contributed by atoms with Crippen LogP contribution in [0.15, 0.2) is 0 Å². The van der Waals surface area contributed by atoms with Crippen LogP contribution in [0.4, 0.5) is 0 Å². The Balaban J connectivity index is 1.87. The van der Waals surface area contributed by atoms with Crippen molar-refractivity contribution in [2.45, 2.75) is 75.7 Å². The SMILES string of the molecule is CCC(C)SCC(NC)C1CCOC2(CCCC2)C1. The summed E-state index contributed by atoms with van der Waals surface area (Å²) in [7, 11) is 2.14. The fraction of sp³-hybridized carbons (Fsp3) is 1.00. The van der Waals surface area contributed by atoms with Gasteiger partial charge < -0.3 is 10.1 Å². The van der Waals surface area contributed by atoms with Crippen molar-refractivity contribution in [2.24, 2.45) is 5.92 Å². The zero-order valence-electron chi connectivity index (χ0n) is 12.9. The van der Waals surface area contributed by atoms with Gasteiger partial charge >= 0.3 is 0 Å². The first-order valence-corrected chi connectivity index (χ1v) is 9.17. The van der Waals surface area contributed by atoms with Gasteiger partial charge in [0.25, 0.3) is 0 Å². The molecular weight excluding hydrogens is 254 g/mol. The second-order valence-corrected chi connectivity index (χ2v) is 7.91. The molecule has 0 amide bonds. The van der Waals surface area contributed by atoms with E-state index in [4.69, 9.17) is 4.74 Å². The lowest BCUT2D eigenvalue weighted by molar-refractivity contribution is -0.0964. The number of thioether (sulfide) groups is 1. The van der Waals surface area contributed by atoms with Gasteiger partial charge in [0.15, 0.2) is 0 Å². The van der Waals surface area contributed by atoms with Crippen molar-refractivity contribution >= 4 is 11.8 Å². The van der Waals surface area contributed by atoms with Gasteiger partial charge in [-0.15, -0.1) is 0 Å². The fourth-order valence-electron chi connectivity index (χ4n) is 3.62. The Morgan fingerprint density at radius 1 is 1.37 bits per heavy atom. The van der Waals surface area contributed by atoms with Gasteiger partial charge in [-0.3, -0.25) is 0 Å². The second-order valence-electron chi connectivity index (χ2n) is 6.44. The van der Waals surface area contributed by atoms with Crippen LogP contribution in [0.1, 0.15) is 58.8 Å². The van der Waals surface area contributed by atoms with E-state index in [1.807, 2.05) is 0 Å². The summed E-state index contributed by atoms with van der Waals surface area (Å²) in [5, 5.41) is 4.37. The first kappa shape index (κ1) is 15.7. The van der Waals surface area contributed by atoms with Crippen LogP contribution in [0.2, 0.25) is 0 Å². The summed E-state index contributed by atoms with van der Waals surface area (Å²) < 4.78 is 6.16. The predicted octanol–water partition coefficient (Wildman–Crippen LogP) is 3.85. The highest BCUT2D eigenvalue weighted by Crippen LogP contribution is 2.43. The Kier molecular flexibility index (Phi) is 6.04. The monoisotopic (exact) mass is 285 g/mol. The van der Waals surface area contributed by atoms with E-state index in [2.05, 4.69) is 38.0 Å². The lowest BCUT2D eigenvalue weighted by Crippen LogP contribution is -2.46. The summed E-state index contributed by atoms with van der Waals surface area (Å²) in [5.74, 6) is 2.07. The molecule has 3 unspecified atom stereocenters. The molecule has 1 aliphatic heterocycles. The van der Waals surface area contributed by atoms with Crippen LogP contribution in [0.3, 0.4) is 0 Å². The third kappa shape index (κ3) is 4.12. The smallest absolute Gasteiger partial charge is 0.0685 e. The molecule has 1 spiro atoms. The minimum absolute atomic E-state index is 0.263. The summed E-state index contributed by atoms with van der Waals surface area (Å²) in [6, 6.07) is 0.667. The molecule has 0 aromatic heterocycles. The maximum absolute atomic E-state index is 6.16. The number of nitrogens with one attached hydrogen (secondary N) is 1. The molecule has 2 aliphatic rings. The van der Waals surface area contributed by atoms with Gasteiger partial charge in [-0.2, -0.15) is 11.8 Å². The average molecular weight is 285 g/mol. The maximum atomic E-state index is 6.16. The zero-order valence-corrected chi connectivity index (χ0v) is 13.7. The van der Waals surface area contributed by atoms with Crippen LogP contribution in [0.25, 0.3) is 0 Å². The Bertz CT molecular complexity index is 265. The van der Waals surface area contributed by atoms with Gasteiger partial charge in [0.1, 0.15) is 0 Å². The van der Waals surface area contributed by atoms with Crippen molar-refractivity contribution in [1.29, 1.82) is 0 Å². The molecule has 0 bridgehead atoms. The molecule has 3 atom stereocenters. The molecule has 1 saturated carbocycles. The molecule has 0 aromatic carbocycles. The molecule has 3 heteroatoms. The first-order chi connectivity index (χ1) is 9.19. The van der Waals surface area contributed by atoms with Gasteiger partial charge in [-0.1, -0.05) is 26.7 Å². The molecule has 112 valence electrons. The summed E-state index contributed by atoms with van der Waals surface area (Å²) >= 11 is 2.13. The summed E-state index contributed by atoms with van der Waals surface area (Å²) in [5.41, 5.74) is 0.263. The molecule has 1 saturated heterocycles. The molecule has 19 heavy (non-hydrogen) atoms. The molecular formula is C16H31NOS. The first-order valence-electron chi connectivity index (χ1n) is 8.12. The molecule has 2 fully saturated rings. The van der Waals surface area contributed by atoms with E-state index in [1.165, 1.54) is 50.7 Å². The summed E-state index contributed by atoms with van der Waals surface area (Å²) in [4.78, 5) is 0. The minimum Gasteiger partial charge on any atom is -0.375 e. The van der Waals surface area contributed by atoms with Crippen LogP contribution in [0.5, 0.6) is 0 Å². The van der Waals surface area contributed by atoms with E-state index in [0.717, 1.165) is 17.8 Å². The van der Waals surface area contributed by atoms with Gasteiger partial charge in [0, 0.05) is 23.7 Å². The van der Waals surface area contributed by atoms with E-state index in [9.17, 15) is 0 Å². The average Bonchev–Trinajstić information content (AvgIpc) is 2.87. The van der Waals surface area contributed by atoms with Crippen molar-refractivity contribution in [1.82, 2.24) is 5.32 Å². The second kappa shape index (κ2) is 7.33. The highest BCUT2D eigenvalue weighted by molar-refractivity contribution is 7.99. The lowest BCUT2D eigenvalue weighted by atomic mass is 9.81. The van der Waals surface area contributed by atoms with Gasteiger partial charge in [0.05, 0.1) is 5.60 Å². The van der Waals surface area contributed by atoms with Gasteiger partial charge in [-0.05, 0) is 45.1 Å². The van der Waals surface area contributed by atoms with Crippen LogP contribution >= 0.6 is 11.8 Å². The Hall–Kier alpha value is 0.270. The number of ether oxygens (including phenoxy) is 1. The van der Waals surface area contributed by atoms with E-state index in [-0.39, 0.29) is 5.60 Å². The highest BCUT2D eigenvalue weighted by atomic mass is 32.2. The van der Waals surface area contributed by atoms with Crippen molar-refractivity contribution in [3.63, 3.8) is 0 Å². The number of rotatable bonds is 6. The van der Waals surface area contributed by atoms with Crippen molar-refractivity contribution in [2.75, 3.05) is 19.4 Å². The standard InChI is InChI=1S/C16H31NOS/c1-4-13(2)19-12-15(17-3)14-7-10-18-16(11-14)8-5-6-9-16/h13-15,17H,4-12H2,1-3H3. The topological polar surface area (TPSA) is 21.3 Å². The van der Waals surface area contributed by atoms with Crippen LogP contribution in [-0.4, -0.2) is 36.3 Å². The highest BCUT2D eigenvalue weighted by Gasteiger charge is 2.41. The molecule has 2 rings (SSSR count). The molecule has 2 nitrogen and oxygen atoms in total. The van der Waals surface area contributed by atoms with E-state index >= 15 is 0 Å². The molecule has 0 aromatic rings. The molecule has 1 N–H and O–H groups in total. The van der Waals surface area contributed by atoms with Crippen LogP contribution in [0, 0.1) is 5.92 Å². The minimum atomic E-state index is 0.263. The van der Waals surface area contributed by atoms with Crippen LogP contribution < -0.4 is 5.32 Å².